The maximum absolute atomic E-state index is 10.1. The van der Waals surface area contributed by atoms with Gasteiger partial charge in [0.15, 0.2) is 0 Å². The molecule has 0 unspecified atom stereocenters. The molecule has 0 aliphatic heterocycles. The second-order valence-corrected chi connectivity index (χ2v) is 2.86. The fourth-order valence-electron chi connectivity index (χ4n) is 0.849. The average Bonchev–Trinajstić information content (AvgIpc) is 2.28. The van der Waals surface area contributed by atoms with E-state index in [0.717, 1.165) is 17.9 Å². The van der Waals surface area contributed by atoms with Crippen LogP contribution in [0.25, 0.3) is 6.08 Å². The first-order valence-electron chi connectivity index (χ1n) is 4.80. The van der Waals surface area contributed by atoms with Gasteiger partial charge in [-0.1, -0.05) is 36.9 Å². The van der Waals surface area contributed by atoms with E-state index in [9.17, 15) is 9.59 Å². The van der Waals surface area contributed by atoms with E-state index in [1.54, 1.807) is 6.08 Å². The number of hydrogen-bond donors (Lipinski definition) is 1. The number of esters is 1. The van der Waals surface area contributed by atoms with E-state index in [1.807, 2.05) is 30.3 Å². The molecular weight excluding hydrogens is 220 g/mol. The highest BCUT2D eigenvalue weighted by molar-refractivity contribution is 5.85. The molecule has 0 aliphatic rings. The SMILES string of the molecule is C=COC(C)=O.O=C(O)C=Cc1ccccc1. The molecule has 1 aromatic carbocycles. The Hall–Kier alpha value is -2.36. The molecule has 0 saturated heterocycles. The van der Waals surface area contributed by atoms with Gasteiger partial charge in [-0.15, -0.1) is 0 Å². The zero-order valence-electron chi connectivity index (χ0n) is 9.50. The number of carboxylic acid groups (broad SMARTS) is 1. The first-order valence-corrected chi connectivity index (χ1v) is 4.80. The molecule has 90 valence electrons. The number of benzene rings is 1. The van der Waals surface area contributed by atoms with Crippen LogP contribution in [0.4, 0.5) is 0 Å². The maximum atomic E-state index is 10.1. The van der Waals surface area contributed by atoms with E-state index in [2.05, 4.69) is 11.3 Å². The second-order valence-electron chi connectivity index (χ2n) is 2.86. The summed E-state index contributed by atoms with van der Waals surface area (Å²) >= 11 is 0. The molecule has 0 radical (unpaired) electrons. The lowest BCUT2D eigenvalue weighted by molar-refractivity contribution is -0.135. The van der Waals surface area contributed by atoms with Crippen LogP contribution >= 0.6 is 0 Å². The van der Waals surface area contributed by atoms with E-state index in [0.29, 0.717) is 0 Å². The Balaban J connectivity index is 0.000000366. The van der Waals surface area contributed by atoms with E-state index < -0.39 is 5.97 Å². The minimum absolute atomic E-state index is 0.329. The monoisotopic (exact) mass is 234 g/mol. The van der Waals surface area contributed by atoms with Crippen LogP contribution in [0.1, 0.15) is 12.5 Å². The van der Waals surface area contributed by atoms with Crippen LogP contribution in [0, 0.1) is 0 Å². The van der Waals surface area contributed by atoms with Crippen LogP contribution in [-0.4, -0.2) is 17.0 Å². The van der Waals surface area contributed by atoms with Gasteiger partial charge in [-0.2, -0.15) is 0 Å². The molecular formula is C13H14O4. The zero-order valence-corrected chi connectivity index (χ0v) is 9.50. The average molecular weight is 234 g/mol. The predicted molar refractivity (Wildman–Crippen MR) is 65.1 cm³/mol. The standard InChI is InChI=1S/C9H8O2.C4H6O2/c10-9(11)7-6-8-4-2-1-3-5-8;1-3-6-4(2)5/h1-7H,(H,10,11);3H,1H2,2H3. The second kappa shape index (κ2) is 8.91. The van der Waals surface area contributed by atoms with Gasteiger partial charge in [0.1, 0.15) is 0 Å². The smallest absolute Gasteiger partial charge is 0.328 e. The minimum atomic E-state index is -0.922. The number of rotatable bonds is 3. The summed E-state index contributed by atoms with van der Waals surface area (Å²) in [5, 5.41) is 8.29. The van der Waals surface area contributed by atoms with Crippen LogP contribution in [0.3, 0.4) is 0 Å². The molecule has 17 heavy (non-hydrogen) atoms. The van der Waals surface area contributed by atoms with E-state index in [4.69, 9.17) is 5.11 Å². The molecule has 4 nitrogen and oxygen atoms in total. The number of carboxylic acids is 1. The molecule has 0 bridgehead atoms. The molecule has 0 amide bonds. The summed E-state index contributed by atoms with van der Waals surface area (Å²) in [5.41, 5.74) is 0.898. The number of aliphatic carboxylic acids is 1. The Kier molecular flexibility index (Phi) is 7.67. The van der Waals surface area contributed by atoms with E-state index in [1.165, 1.54) is 6.92 Å². The van der Waals surface area contributed by atoms with Crippen molar-refractivity contribution in [3.63, 3.8) is 0 Å². The van der Waals surface area contributed by atoms with Gasteiger partial charge >= 0.3 is 11.9 Å². The molecule has 1 rings (SSSR count). The lowest BCUT2D eigenvalue weighted by atomic mass is 10.2. The Morgan fingerprint density at radius 3 is 2.24 bits per heavy atom. The van der Waals surface area contributed by atoms with Gasteiger partial charge < -0.3 is 9.84 Å². The quantitative estimate of drug-likeness (QED) is 0.495. The molecule has 0 spiro atoms. The van der Waals surface area contributed by atoms with Gasteiger partial charge in [-0.05, 0) is 11.6 Å². The third-order valence-electron chi connectivity index (χ3n) is 1.47. The van der Waals surface area contributed by atoms with Crippen LogP contribution in [0.2, 0.25) is 0 Å². The summed E-state index contributed by atoms with van der Waals surface area (Å²) in [6.45, 7) is 4.48. The summed E-state index contributed by atoms with van der Waals surface area (Å²) in [4.78, 5) is 19.8. The van der Waals surface area contributed by atoms with Crippen molar-refractivity contribution in [2.75, 3.05) is 0 Å². The Bertz CT molecular complexity index is 393. The lowest BCUT2D eigenvalue weighted by Gasteiger charge is -1.87. The highest BCUT2D eigenvalue weighted by Crippen LogP contribution is 1.99. The topological polar surface area (TPSA) is 63.6 Å². The fourth-order valence-corrected chi connectivity index (χ4v) is 0.849. The molecule has 0 fully saturated rings. The van der Waals surface area contributed by atoms with Crippen LogP contribution < -0.4 is 0 Å². The Morgan fingerprint density at radius 1 is 1.29 bits per heavy atom. The van der Waals surface area contributed by atoms with E-state index in [-0.39, 0.29) is 5.97 Å². The molecule has 0 saturated carbocycles. The van der Waals surface area contributed by atoms with Crippen LogP contribution in [-0.2, 0) is 14.3 Å². The largest absolute Gasteiger partial charge is 0.478 e. The lowest BCUT2D eigenvalue weighted by Crippen LogP contribution is -1.87. The van der Waals surface area contributed by atoms with Crippen molar-refractivity contribution in [3.8, 4) is 0 Å². The first-order chi connectivity index (χ1) is 8.06. The Labute approximate surface area is 99.8 Å². The van der Waals surface area contributed by atoms with Crippen molar-refractivity contribution in [1.29, 1.82) is 0 Å². The summed E-state index contributed by atoms with van der Waals surface area (Å²) < 4.78 is 4.17. The summed E-state index contributed by atoms with van der Waals surface area (Å²) in [6, 6.07) is 9.31. The summed E-state index contributed by atoms with van der Waals surface area (Å²) in [6.07, 6.45) is 3.78. The number of hydrogen-bond acceptors (Lipinski definition) is 3. The van der Waals surface area contributed by atoms with Crippen molar-refractivity contribution in [2.24, 2.45) is 0 Å². The van der Waals surface area contributed by atoms with Crippen molar-refractivity contribution in [3.05, 3.63) is 54.8 Å². The van der Waals surface area contributed by atoms with Gasteiger partial charge in [0.25, 0.3) is 0 Å². The Morgan fingerprint density at radius 2 is 1.88 bits per heavy atom. The fraction of sp³-hybridized carbons (Fsp3) is 0.0769. The maximum Gasteiger partial charge on any atom is 0.328 e. The number of ether oxygens (including phenoxy) is 1. The van der Waals surface area contributed by atoms with Crippen LogP contribution in [0.5, 0.6) is 0 Å². The van der Waals surface area contributed by atoms with Gasteiger partial charge in [0.2, 0.25) is 0 Å². The first kappa shape index (κ1) is 14.6. The van der Waals surface area contributed by atoms with E-state index >= 15 is 0 Å². The van der Waals surface area contributed by atoms with Gasteiger partial charge in [-0.25, -0.2) is 4.79 Å². The molecule has 0 atom stereocenters. The third-order valence-corrected chi connectivity index (χ3v) is 1.47. The molecule has 0 heterocycles. The number of carbonyl (C=O) groups is 2. The summed E-state index contributed by atoms with van der Waals surface area (Å²) in [5.74, 6) is -1.25. The molecule has 0 aromatic heterocycles. The van der Waals surface area contributed by atoms with Crippen molar-refractivity contribution < 1.29 is 19.4 Å². The van der Waals surface area contributed by atoms with Gasteiger partial charge in [0.05, 0.1) is 6.26 Å². The summed E-state index contributed by atoms with van der Waals surface area (Å²) in [7, 11) is 0. The number of carbonyl (C=O) groups excluding carboxylic acids is 1. The predicted octanol–water partition coefficient (Wildman–Crippen LogP) is 2.48. The third kappa shape index (κ3) is 9.93. The molecule has 1 N–H and O–H groups in total. The van der Waals surface area contributed by atoms with Crippen molar-refractivity contribution in [1.82, 2.24) is 0 Å². The van der Waals surface area contributed by atoms with Crippen molar-refractivity contribution >= 4 is 18.0 Å². The van der Waals surface area contributed by atoms with Gasteiger partial charge in [-0.3, -0.25) is 4.79 Å². The molecule has 1 aromatic rings. The molecule has 0 aliphatic carbocycles. The normalized spacial score (nSPS) is 9.00. The highest BCUT2D eigenvalue weighted by atomic mass is 16.5. The van der Waals surface area contributed by atoms with Crippen LogP contribution in [0.15, 0.2) is 49.2 Å². The van der Waals surface area contributed by atoms with Crippen molar-refractivity contribution in [2.45, 2.75) is 6.92 Å². The van der Waals surface area contributed by atoms with Gasteiger partial charge in [0, 0.05) is 13.0 Å². The highest BCUT2D eigenvalue weighted by Gasteiger charge is 1.85. The molecule has 4 heteroatoms. The minimum Gasteiger partial charge on any atom is -0.478 e. The zero-order chi connectivity index (χ0) is 13.1.